The number of likely N-dealkylation sites (N-methyl/N-ethyl adjacent to an activating group) is 1. The highest BCUT2D eigenvalue weighted by molar-refractivity contribution is 6.35. The van der Waals surface area contributed by atoms with Gasteiger partial charge in [0.15, 0.2) is 5.72 Å². The number of hydrogen-bond donors (Lipinski definition) is 3. The summed E-state index contributed by atoms with van der Waals surface area (Å²) in [5.74, 6) is -0.974. The minimum atomic E-state index is -1.78. The molecule has 8 atom stereocenters. The van der Waals surface area contributed by atoms with E-state index in [1.807, 2.05) is 26.0 Å². The predicted octanol–water partition coefficient (Wildman–Crippen LogP) is 3.28. The molecule has 1 aromatic carbocycles. The number of allylic oxidation sites excluding steroid dienone is 3. The summed E-state index contributed by atoms with van der Waals surface area (Å²) in [5, 5.41) is 17.2. The van der Waals surface area contributed by atoms with E-state index in [-0.39, 0.29) is 23.8 Å². The van der Waals surface area contributed by atoms with Crippen LogP contribution in [-0.2, 0) is 35.0 Å². The first-order chi connectivity index (χ1) is 21.2. The maximum Gasteiger partial charge on any atom is 0.409 e. The number of aliphatic hydroxyl groups is 1. The summed E-state index contributed by atoms with van der Waals surface area (Å²) in [5.41, 5.74) is -0.646. The summed E-state index contributed by atoms with van der Waals surface area (Å²) in [6.45, 7) is 7.17. The summed E-state index contributed by atoms with van der Waals surface area (Å²) in [6, 6.07) is 2.99. The fourth-order valence-corrected chi connectivity index (χ4v) is 6.28. The molecule has 2 fully saturated rings. The van der Waals surface area contributed by atoms with Gasteiger partial charge < -0.3 is 39.0 Å². The van der Waals surface area contributed by atoms with Crippen LogP contribution in [0.1, 0.15) is 46.1 Å². The van der Waals surface area contributed by atoms with Crippen molar-refractivity contribution in [2.75, 3.05) is 33.2 Å². The molecule has 0 spiro atoms. The lowest BCUT2D eigenvalue weighted by Gasteiger charge is -2.42. The van der Waals surface area contributed by atoms with Crippen molar-refractivity contribution in [2.45, 2.75) is 88.7 Å². The summed E-state index contributed by atoms with van der Waals surface area (Å²) in [4.78, 5) is 40.9. The molecule has 1 aromatic rings. The number of nitrogens with one attached hydrogen (secondary N) is 2. The molecule has 3 N–H and O–H groups in total. The molecular weight excluding hydrogens is 606 g/mol. The normalized spacial score (nSPS) is 34.8. The van der Waals surface area contributed by atoms with E-state index in [1.165, 1.54) is 19.1 Å². The predicted molar refractivity (Wildman–Crippen MR) is 167 cm³/mol. The molecule has 0 saturated carbocycles. The van der Waals surface area contributed by atoms with Gasteiger partial charge in [0.05, 0.1) is 25.3 Å². The standard InChI is InChI=1S/C32H44ClN3O9/c1-17-10-9-11-24(42-8)32(40)16-23(43-30(39)35-32)18(2)28-31(4,45-28)25(44-29(38)19(3)34-5)15-26(37)36(6)21-13-20(12-17)14-22(41-7)27(21)33/h9-11,13-14,18-19,23-25,28,34,40H,12,15-16H2,1-8H3,(H,35,39)/b11-9+,17-10+/t18-,19+,23+,24-,25+,28+,31+,32?/m1/s1. The smallest absolute Gasteiger partial charge is 0.409 e. The average molecular weight is 650 g/mol. The van der Waals surface area contributed by atoms with Crippen molar-refractivity contribution in [2.24, 2.45) is 5.92 Å². The van der Waals surface area contributed by atoms with Gasteiger partial charge in [0.2, 0.25) is 5.91 Å². The van der Waals surface area contributed by atoms with Crippen LogP contribution in [0.3, 0.4) is 0 Å². The molecule has 1 unspecified atom stereocenters. The number of nitrogens with zero attached hydrogens (tertiary/aromatic N) is 1. The monoisotopic (exact) mass is 649 g/mol. The number of anilines is 1. The van der Waals surface area contributed by atoms with Crippen LogP contribution in [0.15, 0.2) is 35.9 Å². The van der Waals surface area contributed by atoms with Crippen LogP contribution in [0.2, 0.25) is 5.02 Å². The molecule has 12 nitrogen and oxygen atoms in total. The Hall–Kier alpha value is -3.16. The van der Waals surface area contributed by atoms with Crippen molar-refractivity contribution < 1.29 is 43.2 Å². The highest BCUT2D eigenvalue weighted by atomic mass is 35.5. The van der Waals surface area contributed by atoms with Crippen LogP contribution < -0.4 is 20.3 Å². The Morgan fingerprint density at radius 3 is 2.64 bits per heavy atom. The number of amides is 2. The number of epoxide rings is 1. The number of alkyl carbamates (subject to hydrolysis) is 1. The quantitative estimate of drug-likeness (QED) is 0.321. The van der Waals surface area contributed by atoms with Gasteiger partial charge in [0.1, 0.15) is 40.7 Å². The second kappa shape index (κ2) is 13.7. The molecule has 45 heavy (non-hydrogen) atoms. The minimum absolute atomic E-state index is 0.00553. The highest BCUT2D eigenvalue weighted by Crippen LogP contribution is 2.49. The van der Waals surface area contributed by atoms with Gasteiger partial charge in [-0.05, 0) is 51.9 Å². The van der Waals surface area contributed by atoms with E-state index in [4.69, 9.17) is 35.3 Å². The number of rotatable bonds is 5. The van der Waals surface area contributed by atoms with E-state index in [9.17, 15) is 19.5 Å². The summed E-state index contributed by atoms with van der Waals surface area (Å²) in [6.07, 6.45) is 1.52. The molecule has 0 aromatic heterocycles. The summed E-state index contributed by atoms with van der Waals surface area (Å²) >= 11 is 6.69. The Labute approximate surface area is 269 Å². The van der Waals surface area contributed by atoms with Crippen molar-refractivity contribution in [1.82, 2.24) is 10.6 Å². The Balaban J connectivity index is 1.80. The van der Waals surface area contributed by atoms with E-state index in [2.05, 4.69) is 10.6 Å². The number of carbonyl (C=O) groups is 3. The number of halogens is 1. The fraction of sp³-hybridized carbons (Fsp3) is 0.594. The fourth-order valence-electron chi connectivity index (χ4n) is 5.97. The van der Waals surface area contributed by atoms with E-state index in [0.29, 0.717) is 17.9 Å². The van der Waals surface area contributed by atoms with Crippen molar-refractivity contribution >= 4 is 35.3 Å². The number of fused-ring (bicyclic) bond motifs is 5. The Morgan fingerprint density at radius 2 is 2.00 bits per heavy atom. The lowest BCUT2D eigenvalue weighted by Crippen LogP contribution is -2.63. The maximum absolute atomic E-state index is 13.8. The van der Waals surface area contributed by atoms with Crippen molar-refractivity contribution in [3.63, 3.8) is 0 Å². The summed E-state index contributed by atoms with van der Waals surface area (Å²) in [7, 11) is 6.18. The Morgan fingerprint density at radius 1 is 1.29 bits per heavy atom. The molecule has 2 saturated heterocycles. The van der Waals surface area contributed by atoms with Crippen molar-refractivity contribution in [1.29, 1.82) is 0 Å². The van der Waals surface area contributed by atoms with E-state index < -0.39 is 59.8 Å². The van der Waals surface area contributed by atoms with Gasteiger partial charge in [0.25, 0.3) is 0 Å². The second-order valence-corrected chi connectivity index (χ2v) is 12.6. The first-order valence-electron chi connectivity index (χ1n) is 14.9. The molecule has 3 aliphatic heterocycles. The van der Waals surface area contributed by atoms with Crippen LogP contribution in [0.25, 0.3) is 0 Å². The van der Waals surface area contributed by atoms with Crippen LogP contribution in [0, 0.1) is 5.92 Å². The van der Waals surface area contributed by atoms with Gasteiger partial charge in [-0.2, -0.15) is 0 Å². The molecular formula is C32H44ClN3O9. The molecule has 0 radical (unpaired) electrons. The Kier molecular flexibility index (Phi) is 10.6. The third kappa shape index (κ3) is 7.30. The highest BCUT2D eigenvalue weighted by Gasteiger charge is 2.64. The van der Waals surface area contributed by atoms with Crippen molar-refractivity contribution in [3.05, 3.63) is 46.5 Å². The molecule has 13 heteroatoms. The topological polar surface area (TPSA) is 148 Å². The largest absolute Gasteiger partial charge is 0.495 e. The van der Waals surface area contributed by atoms with E-state index in [0.717, 1.165) is 11.1 Å². The molecule has 248 valence electrons. The van der Waals surface area contributed by atoms with E-state index >= 15 is 0 Å². The zero-order valence-electron chi connectivity index (χ0n) is 27.0. The third-order valence-corrected chi connectivity index (χ3v) is 9.38. The minimum Gasteiger partial charge on any atom is -0.495 e. The molecule has 3 aliphatic rings. The molecule has 4 rings (SSSR count). The SMILES string of the molecule is CN[C@@H](C)C(=O)O[C@H]1CC(=O)N(C)c2cc(cc(OC)c2Cl)C/C(C)=C/C=C/[C@@H](OC)C2(O)C[C@H](OC(=O)N2)[C@@H](C)[C@@H]2O[C@@]12C. The number of carbonyl (C=O) groups excluding carboxylic acids is 3. The van der Waals surface area contributed by atoms with Crippen LogP contribution in [-0.4, -0.2) is 93.2 Å². The third-order valence-electron chi connectivity index (χ3n) is 9.00. The van der Waals surface area contributed by atoms with Gasteiger partial charge in [-0.3, -0.25) is 14.9 Å². The first kappa shape index (κ1) is 34.7. The molecule has 4 bridgehead atoms. The zero-order chi connectivity index (χ0) is 33.3. The van der Waals surface area contributed by atoms with Crippen LogP contribution in [0.4, 0.5) is 10.5 Å². The average Bonchev–Trinajstić information content (AvgIpc) is 3.69. The number of methoxy groups -OCH3 is 2. The second-order valence-electron chi connectivity index (χ2n) is 12.2. The first-order valence-corrected chi connectivity index (χ1v) is 15.3. The molecule has 3 heterocycles. The van der Waals surface area contributed by atoms with Gasteiger partial charge in [-0.25, -0.2) is 4.79 Å². The number of ether oxygens (including phenoxy) is 5. The number of hydrogen-bond acceptors (Lipinski definition) is 10. The van der Waals surface area contributed by atoms with E-state index in [1.54, 1.807) is 46.2 Å². The zero-order valence-corrected chi connectivity index (χ0v) is 27.8. The van der Waals surface area contributed by atoms with Crippen LogP contribution in [0.5, 0.6) is 5.75 Å². The lowest BCUT2D eigenvalue weighted by atomic mass is 9.83. The lowest BCUT2D eigenvalue weighted by molar-refractivity contribution is -0.155. The Bertz CT molecular complexity index is 1370. The summed E-state index contributed by atoms with van der Waals surface area (Å²) < 4.78 is 28.8. The van der Waals surface area contributed by atoms with Gasteiger partial charge in [0, 0.05) is 26.5 Å². The maximum atomic E-state index is 13.8. The van der Waals surface area contributed by atoms with Crippen LogP contribution >= 0.6 is 11.6 Å². The van der Waals surface area contributed by atoms with Gasteiger partial charge in [-0.1, -0.05) is 42.3 Å². The molecule has 0 aliphatic carbocycles. The van der Waals surface area contributed by atoms with Crippen molar-refractivity contribution in [3.8, 4) is 5.75 Å². The number of benzene rings is 1. The van der Waals surface area contributed by atoms with Gasteiger partial charge in [-0.15, -0.1) is 0 Å². The van der Waals surface area contributed by atoms with Gasteiger partial charge >= 0.3 is 12.1 Å². The number of esters is 1. The molecule has 2 amide bonds.